The van der Waals surface area contributed by atoms with Gasteiger partial charge in [0, 0.05) is 25.7 Å². The molecule has 0 spiro atoms. The van der Waals surface area contributed by atoms with Crippen molar-refractivity contribution in [2.75, 3.05) is 39.6 Å². The first-order valence-corrected chi connectivity index (χ1v) is 37.8. The first-order chi connectivity index (χ1) is 41.2. The number of phosphoric ester groups is 2. The van der Waals surface area contributed by atoms with E-state index in [1.54, 1.807) is 0 Å². The van der Waals surface area contributed by atoms with Gasteiger partial charge in [-0.3, -0.25) is 37.3 Å². The zero-order chi connectivity index (χ0) is 63.8. The lowest BCUT2D eigenvalue weighted by Crippen LogP contribution is -2.30. The summed E-state index contributed by atoms with van der Waals surface area (Å²) in [5, 5.41) is 10.6. The van der Waals surface area contributed by atoms with Crippen LogP contribution in [0.3, 0.4) is 0 Å². The van der Waals surface area contributed by atoms with Gasteiger partial charge < -0.3 is 33.8 Å². The number of rotatable bonds is 65. The number of aliphatic hydroxyl groups is 1. The number of aliphatic hydroxyl groups excluding tert-OH is 1. The van der Waals surface area contributed by atoms with E-state index in [0.29, 0.717) is 31.6 Å². The Hall–Kier alpha value is -1.94. The molecule has 0 amide bonds. The van der Waals surface area contributed by atoms with Gasteiger partial charge in [-0.1, -0.05) is 280 Å². The van der Waals surface area contributed by atoms with E-state index in [4.69, 9.17) is 37.0 Å². The van der Waals surface area contributed by atoms with Crippen LogP contribution >= 0.6 is 15.6 Å². The zero-order valence-electron chi connectivity index (χ0n) is 55.8. The normalized spacial score (nSPS) is 14.3. The minimum absolute atomic E-state index is 0.103. The molecule has 0 aromatic rings. The molecule has 0 fully saturated rings. The second-order valence-electron chi connectivity index (χ2n) is 25.6. The first-order valence-electron chi connectivity index (χ1n) is 34.8. The molecule has 0 saturated carbocycles. The third kappa shape index (κ3) is 60.9. The van der Waals surface area contributed by atoms with Crippen molar-refractivity contribution in [1.82, 2.24) is 0 Å². The number of phosphoric acid groups is 2. The summed E-state index contributed by atoms with van der Waals surface area (Å²) < 4.78 is 68.1. The minimum atomic E-state index is -4.95. The fourth-order valence-corrected chi connectivity index (χ4v) is 11.6. The Kier molecular flexibility index (Phi) is 56.9. The predicted octanol–water partition coefficient (Wildman–Crippen LogP) is 18.7. The highest BCUT2D eigenvalue weighted by molar-refractivity contribution is 7.47. The smallest absolute Gasteiger partial charge is 0.462 e. The van der Waals surface area contributed by atoms with Crippen LogP contribution in [-0.4, -0.2) is 96.7 Å². The predicted molar refractivity (Wildman–Crippen MR) is 344 cm³/mol. The Balaban J connectivity index is 5.25. The molecule has 2 unspecified atom stereocenters. The SMILES string of the molecule is CCCCCCCCCCCCC(=O)OC[C@H](COP(=O)(O)OC[C@H](O)COP(=O)(O)OC[C@@H](COC(=O)CCCCCCCCCCCC(C)C)OC(=O)CCCCCCCCCCCCCC(C)C)OC(=O)CCCCCCCCCC(C)C. The number of unbranched alkanes of at least 4 members (excludes halogenated alkanes) is 33. The van der Waals surface area contributed by atoms with Gasteiger partial charge in [-0.05, 0) is 43.4 Å². The molecule has 0 radical (unpaired) electrons. The van der Waals surface area contributed by atoms with Gasteiger partial charge in [-0.25, -0.2) is 9.13 Å². The number of hydrogen-bond acceptors (Lipinski definition) is 15. The van der Waals surface area contributed by atoms with Crippen molar-refractivity contribution in [2.24, 2.45) is 17.8 Å². The zero-order valence-corrected chi connectivity index (χ0v) is 57.6. The Morgan fingerprint density at radius 1 is 0.314 bits per heavy atom. The summed E-state index contributed by atoms with van der Waals surface area (Å²) >= 11 is 0. The largest absolute Gasteiger partial charge is 0.472 e. The summed E-state index contributed by atoms with van der Waals surface area (Å²) in [5.74, 6) is 0.0722. The molecule has 0 saturated heterocycles. The fraction of sp³-hybridized carbons (Fsp3) is 0.940. The number of carbonyl (C=O) groups excluding carboxylic acids is 4. The molecule has 510 valence electrons. The topological polar surface area (TPSA) is 237 Å². The van der Waals surface area contributed by atoms with E-state index in [1.165, 1.54) is 141 Å². The third-order valence-electron chi connectivity index (χ3n) is 15.4. The van der Waals surface area contributed by atoms with E-state index >= 15 is 0 Å². The van der Waals surface area contributed by atoms with Crippen molar-refractivity contribution in [3.8, 4) is 0 Å². The van der Waals surface area contributed by atoms with Crippen LogP contribution in [-0.2, 0) is 65.4 Å². The Labute approximate surface area is 524 Å². The van der Waals surface area contributed by atoms with Crippen LogP contribution in [0.2, 0.25) is 0 Å². The molecular weight excluding hydrogens is 1140 g/mol. The monoisotopic (exact) mass is 1270 g/mol. The molecule has 5 atom stereocenters. The standard InChI is InChI=1S/C67H130O17P2/c1-8-9-10-11-12-13-20-27-34-41-48-64(69)77-55-63(84-67(72)51-44-37-30-23-26-33-40-47-60(6)7)57-82-86(75,76)80-53-61(68)52-79-85(73,74)81-56-62(54-78-65(70)49-42-35-28-22-17-19-25-32-39-46-59(4)5)83-66(71)50-43-36-29-21-16-14-15-18-24-31-38-45-58(2)3/h58-63,68H,8-57H2,1-7H3,(H,73,74)(H,75,76)/t61-,62-,63-/m1/s1. The van der Waals surface area contributed by atoms with Crippen molar-refractivity contribution in [3.63, 3.8) is 0 Å². The lowest BCUT2D eigenvalue weighted by Gasteiger charge is -2.21. The van der Waals surface area contributed by atoms with Crippen molar-refractivity contribution < 1.29 is 80.2 Å². The second kappa shape index (κ2) is 58.2. The van der Waals surface area contributed by atoms with Crippen LogP contribution in [0.15, 0.2) is 0 Å². The van der Waals surface area contributed by atoms with E-state index in [-0.39, 0.29) is 25.7 Å². The van der Waals surface area contributed by atoms with Crippen molar-refractivity contribution in [3.05, 3.63) is 0 Å². The Morgan fingerprint density at radius 2 is 0.535 bits per heavy atom. The van der Waals surface area contributed by atoms with Gasteiger partial charge in [-0.15, -0.1) is 0 Å². The average molecular weight is 1270 g/mol. The number of carbonyl (C=O) groups is 4. The summed E-state index contributed by atoms with van der Waals surface area (Å²) in [4.78, 5) is 72.3. The number of ether oxygens (including phenoxy) is 4. The van der Waals surface area contributed by atoms with Crippen LogP contribution in [0.25, 0.3) is 0 Å². The molecule has 17 nitrogen and oxygen atoms in total. The summed E-state index contributed by atoms with van der Waals surface area (Å²) in [6.07, 6.45) is 40.3. The van der Waals surface area contributed by atoms with Gasteiger partial charge in [0.1, 0.15) is 19.3 Å². The van der Waals surface area contributed by atoms with Crippen LogP contribution in [0.4, 0.5) is 0 Å². The van der Waals surface area contributed by atoms with E-state index in [1.807, 2.05) is 0 Å². The van der Waals surface area contributed by atoms with E-state index < -0.39 is 97.5 Å². The highest BCUT2D eigenvalue weighted by Crippen LogP contribution is 2.45. The maximum atomic E-state index is 13.0. The van der Waals surface area contributed by atoms with Crippen molar-refractivity contribution in [2.45, 2.75) is 349 Å². The summed E-state index contributed by atoms with van der Waals surface area (Å²) in [7, 11) is -9.89. The summed E-state index contributed by atoms with van der Waals surface area (Å²) in [5.41, 5.74) is 0. The summed E-state index contributed by atoms with van der Waals surface area (Å²) in [6, 6.07) is 0. The number of hydrogen-bond donors (Lipinski definition) is 3. The summed E-state index contributed by atoms with van der Waals surface area (Å²) in [6.45, 7) is 11.7. The molecule has 0 rings (SSSR count). The quantitative estimate of drug-likeness (QED) is 0.0222. The lowest BCUT2D eigenvalue weighted by atomic mass is 10.0. The molecule has 86 heavy (non-hydrogen) atoms. The molecule has 0 aromatic heterocycles. The molecule has 0 heterocycles. The van der Waals surface area contributed by atoms with Crippen molar-refractivity contribution in [1.29, 1.82) is 0 Å². The van der Waals surface area contributed by atoms with Gasteiger partial charge in [0.2, 0.25) is 0 Å². The molecule has 19 heteroatoms. The lowest BCUT2D eigenvalue weighted by molar-refractivity contribution is -0.161. The molecule has 0 aliphatic heterocycles. The minimum Gasteiger partial charge on any atom is -0.462 e. The van der Waals surface area contributed by atoms with Crippen LogP contribution in [0, 0.1) is 17.8 Å². The highest BCUT2D eigenvalue weighted by Gasteiger charge is 2.30. The van der Waals surface area contributed by atoms with E-state index in [0.717, 1.165) is 102 Å². The molecule has 0 aliphatic carbocycles. The molecule has 0 bridgehead atoms. The Morgan fingerprint density at radius 3 is 0.791 bits per heavy atom. The maximum Gasteiger partial charge on any atom is 0.472 e. The molecular formula is C67H130O17P2. The van der Waals surface area contributed by atoms with Gasteiger partial charge in [0.25, 0.3) is 0 Å². The van der Waals surface area contributed by atoms with Gasteiger partial charge >= 0.3 is 39.5 Å². The molecule has 0 aromatic carbocycles. The van der Waals surface area contributed by atoms with Crippen molar-refractivity contribution >= 4 is 39.5 Å². The van der Waals surface area contributed by atoms with E-state index in [9.17, 15) is 43.2 Å². The molecule has 0 aliphatic rings. The Bertz CT molecular complexity index is 1700. The maximum absolute atomic E-state index is 13.0. The second-order valence-corrected chi connectivity index (χ2v) is 28.5. The van der Waals surface area contributed by atoms with Crippen LogP contribution in [0.1, 0.15) is 331 Å². The highest BCUT2D eigenvalue weighted by atomic mass is 31.2. The van der Waals surface area contributed by atoms with Gasteiger partial charge in [-0.2, -0.15) is 0 Å². The van der Waals surface area contributed by atoms with E-state index in [2.05, 4.69) is 48.5 Å². The average Bonchev–Trinajstić information content (AvgIpc) is 3.68. The van der Waals surface area contributed by atoms with Gasteiger partial charge in [0.15, 0.2) is 12.2 Å². The van der Waals surface area contributed by atoms with Crippen LogP contribution < -0.4 is 0 Å². The van der Waals surface area contributed by atoms with Crippen LogP contribution in [0.5, 0.6) is 0 Å². The third-order valence-corrected chi connectivity index (χ3v) is 17.3. The fourth-order valence-electron chi connectivity index (χ4n) is 10.0. The number of esters is 4. The van der Waals surface area contributed by atoms with Gasteiger partial charge in [0.05, 0.1) is 26.4 Å². The first kappa shape index (κ1) is 84.1. The molecule has 3 N–H and O–H groups in total.